The van der Waals surface area contributed by atoms with Gasteiger partial charge in [-0.05, 0) is 48.9 Å². The van der Waals surface area contributed by atoms with E-state index in [0.717, 1.165) is 25.7 Å². The first-order chi connectivity index (χ1) is 11.8. The molecule has 9 atom stereocenters. The summed E-state index contributed by atoms with van der Waals surface area (Å²) in [5, 5.41) is 20.6. The van der Waals surface area contributed by atoms with Gasteiger partial charge >= 0.3 is 5.97 Å². The van der Waals surface area contributed by atoms with Gasteiger partial charge in [0.05, 0.1) is 12.2 Å². The number of aliphatic hydroxyl groups is 2. The quantitative estimate of drug-likeness (QED) is 0.566. The van der Waals surface area contributed by atoms with Gasteiger partial charge in [0, 0.05) is 18.3 Å². The number of hydrogen-bond acceptors (Lipinski definition) is 4. The number of esters is 1. The Morgan fingerprint density at radius 2 is 1.92 bits per heavy atom. The highest BCUT2D eigenvalue weighted by molar-refractivity contribution is 5.66. The second kappa shape index (κ2) is 5.68. The predicted molar refractivity (Wildman–Crippen MR) is 94.5 cm³/mol. The van der Waals surface area contributed by atoms with Crippen LogP contribution >= 0.6 is 0 Å². The maximum atomic E-state index is 11.8. The lowest BCUT2D eigenvalue weighted by molar-refractivity contribution is -0.178. The molecule has 0 aromatic rings. The van der Waals surface area contributed by atoms with Gasteiger partial charge in [-0.15, -0.1) is 0 Å². The molecule has 4 aliphatic rings. The molecule has 2 N–H and O–H groups in total. The maximum absolute atomic E-state index is 11.8. The van der Waals surface area contributed by atoms with Crippen molar-refractivity contribution < 1.29 is 19.7 Å². The minimum atomic E-state index is -0.411. The average Bonchev–Trinajstić information content (AvgIpc) is 2.84. The van der Waals surface area contributed by atoms with Gasteiger partial charge in [0.1, 0.15) is 6.10 Å². The second-order valence-corrected chi connectivity index (χ2v) is 9.19. The summed E-state index contributed by atoms with van der Waals surface area (Å²) in [5.74, 6) is 0.986. The van der Waals surface area contributed by atoms with Crippen LogP contribution in [-0.2, 0) is 9.53 Å². The number of carbonyl (C=O) groups excluding carboxylic acids is 1. The van der Waals surface area contributed by atoms with Crippen molar-refractivity contribution in [2.45, 2.75) is 64.8 Å². The summed E-state index contributed by atoms with van der Waals surface area (Å²) in [7, 11) is 0. The number of fused-ring (bicyclic) bond motifs is 5. The number of hydrogen-bond donors (Lipinski definition) is 2. The van der Waals surface area contributed by atoms with Crippen LogP contribution in [0.3, 0.4) is 0 Å². The van der Waals surface area contributed by atoms with Crippen LogP contribution in [0.15, 0.2) is 24.3 Å². The van der Waals surface area contributed by atoms with Gasteiger partial charge in [0.25, 0.3) is 0 Å². The minimum Gasteiger partial charge on any atom is -0.462 e. The van der Waals surface area contributed by atoms with Crippen molar-refractivity contribution in [3.8, 4) is 0 Å². The topological polar surface area (TPSA) is 66.8 Å². The highest BCUT2D eigenvalue weighted by atomic mass is 16.5. The summed E-state index contributed by atoms with van der Waals surface area (Å²) in [4.78, 5) is 11.8. The molecule has 4 nitrogen and oxygen atoms in total. The average molecular weight is 346 g/mol. The SMILES string of the molecule is CC(=O)O[C@H]1C[C@@H]2C[C@@H](O)C=C[C@]2(C)[C@H]2CC[C@]3(C)[C@@H](O)C=C[C@H]3[C@H]12. The number of allylic oxidation sites excluding steroid dienone is 2. The van der Waals surface area contributed by atoms with E-state index < -0.39 is 12.2 Å². The molecule has 2 saturated carbocycles. The molecule has 0 spiro atoms. The van der Waals surface area contributed by atoms with Gasteiger partial charge in [0.2, 0.25) is 0 Å². The van der Waals surface area contributed by atoms with E-state index in [-0.39, 0.29) is 34.7 Å². The molecule has 0 unspecified atom stereocenters. The van der Waals surface area contributed by atoms with Gasteiger partial charge in [0.15, 0.2) is 0 Å². The standard InChI is InChI=1S/C21H30O4/c1-12(22)25-17-11-13-10-14(23)6-8-20(13,2)16-7-9-21(3)15(19(16)17)4-5-18(21)24/h4-6,8,13-19,23-24H,7,9-11H2,1-3H3/t13-,14-,15-,16-,17-,18-,19-,20-,21-/m0/s1. The van der Waals surface area contributed by atoms with Crippen molar-refractivity contribution in [2.24, 2.45) is 34.5 Å². The van der Waals surface area contributed by atoms with Crippen molar-refractivity contribution in [3.05, 3.63) is 24.3 Å². The lowest BCUT2D eigenvalue weighted by atomic mass is 9.45. The van der Waals surface area contributed by atoms with Crippen LogP contribution in [0.4, 0.5) is 0 Å². The normalized spacial score (nSPS) is 53.7. The number of ether oxygens (including phenoxy) is 1. The lowest BCUT2D eigenvalue weighted by Crippen LogP contribution is -2.58. The summed E-state index contributed by atoms with van der Waals surface area (Å²) >= 11 is 0. The molecule has 4 aliphatic carbocycles. The summed E-state index contributed by atoms with van der Waals surface area (Å²) in [6, 6.07) is 0. The van der Waals surface area contributed by atoms with E-state index in [2.05, 4.69) is 26.0 Å². The fourth-order valence-electron chi connectivity index (χ4n) is 6.50. The second-order valence-electron chi connectivity index (χ2n) is 9.19. The summed E-state index contributed by atoms with van der Waals surface area (Å²) < 4.78 is 5.82. The molecule has 0 aromatic carbocycles. The molecule has 0 bridgehead atoms. The van der Waals surface area contributed by atoms with Crippen molar-refractivity contribution in [1.29, 1.82) is 0 Å². The van der Waals surface area contributed by atoms with Crippen molar-refractivity contribution >= 4 is 5.97 Å². The van der Waals surface area contributed by atoms with E-state index in [1.54, 1.807) is 0 Å². The molecule has 0 aliphatic heterocycles. The fraction of sp³-hybridized carbons (Fsp3) is 0.762. The Bertz CT molecular complexity index is 625. The van der Waals surface area contributed by atoms with Gasteiger partial charge in [-0.3, -0.25) is 4.79 Å². The van der Waals surface area contributed by atoms with Crippen molar-refractivity contribution in [1.82, 2.24) is 0 Å². The number of carbonyl (C=O) groups is 1. The molecular formula is C21H30O4. The van der Waals surface area contributed by atoms with Gasteiger partial charge in [-0.1, -0.05) is 38.2 Å². The van der Waals surface area contributed by atoms with Crippen LogP contribution < -0.4 is 0 Å². The highest BCUT2D eigenvalue weighted by Crippen LogP contribution is 2.64. The highest BCUT2D eigenvalue weighted by Gasteiger charge is 2.61. The Labute approximate surface area is 149 Å². The van der Waals surface area contributed by atoms with Crippen LogP contribution in [0.25, 0.3) is 0 Å². The molecule has 25 heavy (non-hydrogen) atoms. The molecule has 2 fully saturated rings. The molecule has 0 radical (unpaired) electrons. The van der Waals surface area contributed by atoms with E-state index in [1.807, 2.05) is 12.2 Å². The van der Waals surface area contributed by atoms with Crippen molar-refractivity contribution in [3.63, 3.8) is 0 Å². The van der Waals surface area contributed by atoms with Crippen LogP contribution in [0, 0.1) is 34.5 Å². The van der Waals surface area contributed by atoms with Gasteiger partial charge in [-0.25, -0.2) is 0 Å². The van der Waals surface area contributed by atoms with E-state index in [1.165, 1.54) is 6.92 Å². The van der Waals surface area contributed by atoms with E-state index in [0.29, 0.717) is 11.8 Å². The maximum Gasteiger partial charge on any atom is 0.302 e. The molecular weight excluding hydrogens is 316 g/mol. The van der Waals surface area contributed by atoms with Crippen LogP contribution in [-0.4, -0.2) is 34.5 Å². The van der Waals surface area contributed by atoms with E-state index in [9.17, 15) is 15.0 Å². The lowest BCUT2D eigenvalue weighted by Gasteiger charge is -2.60. The minimum absolute atomic E-state index is 0.0310. The zero-order valence-electron chi connectivity index (χ0n) is 15.4. The molecule has 0 heterocycles. The number of rotatable bonds is 1. The Morgan fingerprint density at radius 1 is 1.16 bits per heavy atom. The Balaban J connectivity index is 1.75. The summed E-state index contributed by atoms with van der Waals surface area (Å²) in [6.07, 6.45) is 10.9. The first-order valence-electron chi connectivity index (χ1n) is 9.67. The zero-order valence-corrected chi connectivity index (χ0v) is 15.4. The summed E-state index contributed by atoms with van der Waals surface area (Å²) in [6.45, 7) is 5.98. The third-order valence-corrected chi connectivity index (χ3v) is 7.96. The van der Waals surface area contributed by atoms with Crippen LogP contribution in [0.2, 0.25) is 0 Å². The summed E-state index contributed by atoms with van der Waals surface area (Å²) in [5.41, 5.74) is -0.121. The Hall–Kier alpha value is -1.13. The van der Waals surface area contributed by atoms with Crippen LogP contribution in [0.1, 0.15) is 46.5 Å². The molecule has 0 aromatic heterocycles. The van der Waals surface area contributed by atoms with Gasteiger partial charge < -0.3 is 14.9 Å². The monoisotopic (exact) mass is 346 g/mol. The first-order valence-corrected chi connectivity index (χ1v) is 9.67. The fourth-order valence-corrected chi connectivity index (χ4v) is 6.50. The molecule has 4 rings (SSSR count). The van der Waals surface area contributed by atoms with Crippen LogP contribution in [0.5, 0.6) is 0 Å². The first kappa shape index (κ1) is 17.3. The molecule has 4 heteroatoms. The number of aliphatic hydroxyl groups excluding tert-OH is 2. The van der Waals surface area contributed by atoms with E-state index >= 15 is 0 Å². The van der Waals surface area contributed by atoms with Gasteiger partial charge in [-0.2, -0.15) is 0 Å². The molecule has 0 saturated heterocycles. The van der Waals surface area contributed by atoms with Crippen molar-refractivity contribution in [2.75, 3.05) is 0 Å². The molecule has 138 valence electrons. The third-order valence-electron chi connectivity index (χ3n) is 7.96. The van der Waals surface area contributed by atoms with E-state index in [4.69, 9.17) is 4.74 Å². The molecule has 0 amide bonds. The Morgan fingerprint density at radius 3 is 2.64 bits per heavy atom. The predicted octanol–water partition coefficient (Wildman–Crippen LogP) is 2.84. The smallest absolute Gasteiger partial charge is 0.302 e. The third kappa shape index (κ3) is 2.44. The zero-order chi connectivity index (χ0) is 18.0. The Kier molecular flexibility index (Phi) is 3.93. The largest absolute Gasteiger partial charge is 0.462 e.